The van der Waals surface area contributed by atoms with Crippen LogP contribution in [0, 0.1) is 0 Å². The maximum Gasteiger partial charge on any atom is 0.223 e. The fourth-order valence-corrected chi connectivity index (χ4v) is 2.61. The molecule has 1 heterocycles. The zero-order chi connectivity index (χ0) is 9.90. The van der Waals surface area contributed by atoms with E-state index in [0.717, 1.165) is 0 Å². The van der Waals surface area contributed by atoms with Gasteiger partial charge >= 0.3 is 0 Å². The lowest BCUT2D eigenvalue weighted by Gasteiger charge is -2.26. The summed E-state index contributed by atoms with van der Waals surface area (Å²) in [4.78, 5) is 12.9. The van der Waals surface area contributed by atoms with Crippen LogP contribution in [0.4, 0.5) is 0 Å². The van der Waals surface area contributed by atoms with E-state index in [2.05, 4.69) is 12.6 Å². The van der Waals surface area contributed by atoms with Gasteiger partial charge in [-0.1, -0.05) is 0 Å². The Morgan fingerprint density at radius 3 is 2.31 bits per heavy atom. The Labute approximate surface area is 83.6 Å². The van der Waals surface area contributed by atoms with E-state index in [1.807, 2.05) is 0 Å². The van der Waals surface area contributed by atoms with Crippen molar-refractivity contribution in [2.75, 3.05) is 30.3 Å². The van der Waals surface area contributed by atoms with Crippen LogP contribution in [0.5, 0.6) is 0 Å². The number of hydrogen-bond acceptors (Lipinski definition) is 4. The first-order valence-corrected chi connectivity index (χ1v) is 6.59. The van der Waals surface area contributed by atoms with Crippen LogP contribution in [0.3, 0.4) is 0 Å². The van der Waals surface area contributed by atoms with Gasteiger partial charge in [0.25, 0.3) is 0 Å². The van der Waals surface area contributed by atoms with Crippen LogP contribution in [0.2, 0.25) is 0 Å². The highest BCUT2D eigenvalue weighted by atomic mass is 32.2. The van der Waals surface area contributed by atoms with Crippen LogP contribution < -0.4 is 0 Å². The van der Waals surface area contributed by atoms with Crippen LogP contribution in [0.15, 0.2) is 0 Å². The first-order valence-electron chi connectivity index (χ1n) is 4.14. The molecule has 13 heavy (non-hydrogen) atoms. The van der Waals surface area contributed by atoms with Gasteiger partial charge < -0.3 is 4.90 Å². The summed E-state index contributed by atoms with van der Waals surface area (Å²) in [6, 6.07) is 0. The van der Waals surface area contributed by atoms with Crippen LogP contribution >= 0.6 is 12.6 Å². The van der Waals surface area contributed by atoms with Gasteiger partial charge in [0.05, 0.1) is 11.5 Å². The topological polar surface area (TPSA) is 54.5 Å². The molecule has 1 fully saturated rings. The SMILES string of the molecule is O=C(CCS)N1CCS(=O)(=O)CC1. The second kappa shape index (κ2) is 4.32. The predicted molar refractivity (Wildman–Crippen MR) is 53.7 cm³/mol. The molecule has 0 spiro atoms. The second-order valence-corrected chi connectivity index (χ2v) is 5.76. The van der Waals surface area contributed by atoms with Gasteiger partial charge in [0.1, 0.15) is 0 Å². The highest BCUT2D eigenvalue weighted by Crippen LogP contribution is 2.05. The molecule has 0 unspecified atom stereocenters. The smallest absolute Gasteiger partial charge is 0.223 e. The van der Waals surface area contributed by atoms with Crippen LogP contribution in [-0.4, -0.2) is 49.6 Å². The lowest BCUT2D eigenvalue weighted by Crippen LogP contribution is -2.43. The highest BCUT2D eigenvalue weighted by molar-refractivity contribution is 7.91. The number of thiol groups is 1. The van der Waals surface area contributed by atoms with Crippen LogP contribution in [0.25, 0.3) is 0 Å². The molecule has 0 radical (unpaired) electrons. The summed E-state index contributed by atoms with van der Waals surface area (Å²) in [5.41, 5.74) is 0. The molecule has 0 atom stereocenters. The molecule has 1 amide bonds. The maximum atomic E-state index is 11.3. The highest BCUT2D eigenvalue weighted by Gasteiger charge is 2.24. The Hall–Kier alpha value is -0.230. The maximum absolute atomic E-state index is 11.3. The van der Waals surface area contributed by atoms with Crippen molar-refractivity contribution < 1.29 is 13.2 Å². The molecule has 1 aliphatic heterocycles. The van der Waals surface area contributed by atoms with Gasteiger partial charge in [-0.25, -0.2) is 8.42 Å². The Balaban J connectivity index is 2.45. The summed E-state index contributed by atoms with van der Waals surface area (Å²) < 4.78 is 22.0. The normalized spacial score (nSPS) is 21.5. The molecule has 1 aliphatic rings. The average molecular weight is 223 g/mol. The number of rotatable bonds is 2. The molecule has 0 aromatic rings. The molecule has 0 aromatic carbocycles. The number of hydrogen-bond donors (Lipinski definition) is 1. The van der Waals surface area contributed by atoms with E-state index >= 15 is 0 Å². The number of amides is 1. The number of nitrogens with zero attached hydrogens (tertiary/aromatic N) is 1. The van der Waals surface area contributed by atoms with Gasteiger partial charge in [0.2, 0.25) is 5.91 Å². The Kier molecular flexibility index (Phi) is 3.61. The summed E-state index contributed by atoms with van der Waals surface area (Å²) in [6.45, 7) is 0.684. The molecule has 4 nitrogen and oxygen atoms in total. The first kappa shape index (κ1) is 10.8. The fourth-order valence-electron chi connectivity index (χ4n) is 1.22. The Bertz CT molecular complexity index is 272. The monoisotopic (exact) mass is 223 g/mol. The third-order valence-electron chi connectivity index (χ3n) is 2.02. The van der Waals surface area contributed by atoms with E-state index in [1.165, 1.54) is 0 Å². The first-order chi connectivity index (χ1) is 6.05. The largest absolute Gasteiger partial charge is 0.341 e. The van der Waals surface area contributed by atoms with E-state index in [1.54, 1.807) is 4.90 Å². The third-order valence-corrected chi connectivity index (χ3v) is 3.86. The van der Waals surface area contributed by atoms with E-state index < -0.39 is 9.84 Å². The fraction of sp³-hybridized carbons (Fsp3) is 0.857. The van der Waals surface area contributed by atoms with Crippen molar-refractivity contribution in [3.05, 3.63) is 0 Å². The summed E-state index contributed by atoms with van der Waals surface area (Å²) in [6.07, 6.45) is 0.392. The quantitative estimate of drug-likeness (QED) is 0.646. The Morgan fingerprint density at radius 2 is 1.85 bits per heavy atom. The molecule has 0 aliphatic carbocycles. The lowest BCUT2D eigenvalue weighted by atomic mass is 10.4. The number of sulfone groups is 1. The summed E-state index contributed by atoms with van der Waals surface area (Å²) in [7, 11) is -2.88. The van der Waals surface area contributed by atoms with Gasteiger partial charge in [-0.15, -0.1) is 0 Å². The van der Waals surface area contributed by atoms with Crippen molar-refractivity contribution in [1.29, 1.82) is 0 Å². The van der Waals surface area contributed by atoms with Crippen LogP contribution in [-0.2, 0) is 14.6 Å². The van der Waals surface area contributed by atoms with E-state index in [9.17, 15) is 13.2 Å². The molecule has 0 N–H and O–H groups in total. The molecule has 0 saturated carbocycles. The summed E-state index contributed by atoms with van der Waals surface area (Å²) in [5.74, 6) is 0.725. The molecule has 76 valence electrons. The van der Waals surface area contributed by atoms with Gasteiger partial charge in [0.15, 0.2) is 9.84 Å². The van der Waals surface area contributed by atoms with Crippen molar-refractivity contribution in [3.8, 4) is 0 Å². The van der Waals surface area contributed by atoms with Crippen molar-refractivity contribution in [3.63, 3.8) is 0 Å². The minimum absolute atomic E-state index is 0.00454. The van der Waals surface area contributed by atoms with Crippen molar-refractivity contribution in [2.24, 2.45) is 0 Å². The van der Waals surface area contributed by atoms with Gasteiger partial charge in [0, 0.05) is 19.5 Å². The van der Waals surface area contributed by atoms with Gasteiger partial charge in [-0.3, -0.25) is 4.79 Å². The second-order valence-electron chi connectivity index (χ2n) is 3.01. The van der Waals surface area contributed by atoms with Crippen LogP contribution in [0.1, 0.15) is 6.42 Å². The summed E-state index contributed by atoms with van der Waals surface area (Å²) >= 11 is 3.95. The molecular weight excluding hydrogens is 210 g/mol. The number of carbonyl (C=O) groups is 1. The molecule has 1 saturated heterocycles. The Morgan fingerprint density at radius 1 is 1.31 bits per heavy atom. The van der Waals surface area contributed by atoms with E-state index in [0.29, 0.717) is 25.3 Å². The molecule has 0 bridgehead atoms. The van der Waals surface area contributed by atoms with Crippen molar-refractivity contribution >= 4 is 28.4 Å². The predicted octanol–water partition coefficient (Wildman–Crippen LogP) is -0.437. The molecular formula is C7H13NO3S2. The van der Waals surface area contributed by atoms with Crippen molar-refractivity contribution in [2.45, 2.75) is 6.42 Å². The minimum Gasteiger partial charge on any atom is -0.341 e. The number of carbonyl (C=O) groups excluding carboxylic acids is 1. The lowest BCUT2D eigenvalue weighted by molar-refractivity contribution is -0.130. The molecule has 0 aromatic heterocycles. The van der Waals surface area contributed by atoms with Crippen molar-refractivity contribution in [1.82, 2.24) is 4.90 Å². The molecule has 6 heteroatoms. The van der Waals surface area contributed by atoms with E-state index in [-0.39, 0.29) is 17.4 Å². The third kappa shape index (κ3) is 3.19. The summed E-state index contributed by atoms with van der Waals surface area (Å²) in [5, 5.41) is 0. The average Bonchev–Trinajstić information content (AvgIpc) is 2.04. The standard InChI is InChI=1S/C7H13NO3S2/c9-7(1-4-12)8-2-5-13(10,11)6-3-8/h12H,1-6H2. The van der Waals surface area contributed by atoms with E-state index in [4.69, 9.17) is 0 Å². The van der Waals surface area contributed by atoms with Gasteiger partial charge in [-0.05, 0) is 5.75 Å². The molecule has 1 rings (SSSR count). The minimum atomic E-state index is -2.88. The zero-order valence-corrected chi connectivity index (χ0v) is 8.98. The zero-order valence-electron chi connectivity index (χ0n) is 7.27. The van der Waals surface area contributed by atoms with Gasteiger partial charge in [-0.2, -0.15) is 12.6 Å².